The van der Waals surface area contributed by atoms with Crippen molar-refractivity contribution in [1.29, 1.82) is 0 Å². The molecule has 0 aromatic heterocycles. The molecule has 0 fully saturated rings. The summed E-state index contributed by atoms with van der Waals surface area (Å²) in [7, 11) is 0. The smallest absolute Gasteiger partial charge is 0.166 e. The molecule has 0 N–H and O–H groups in total. The largest absolute Gasteiger partial charge is 0.417 e. The number of rotatable bonds is 6. The number of hydrogen-bond acceptors (Lipinski definition) is 1. The van der Waals surface area contributed by atoms with Gasteiger partial charge in [0, 0.05) is 9.79 Å². The molecule has 0 spiro atoms. The van der Waals surface area contributed by atoms with Crippen LogP contribution < -0.4 is 0 Å². The van der Waals surface area contributed by atoms with Gasteiger partial charge in [-0.1, -0.05) is 50.3 Å². The Morgan fingerprint density at radius 3 is 1.30 bits per heavy atom. The Hall–Kier alpha value is -2.51. The Kier molecular flexibility index (Phi) is 8.97. The van der Waals surface area contributed by atoms with E-state index in [9.17, 15) is 26.3 Å². The molecule has 0 unspecified atom stereocenters. The van der Waals surface area contributed by atoms with E-state index in [1.807, 2.05) is 13.8 Å². The Balaban J connectivity index is 2.86. The molecule has 2 rings (SSSR count). The number of benzene rings is 2. The van der Waals surface area contributed by atoms with Gasteiger partial charge in [-0.15, -0.1) is 11.8 Å². The highest BCUT2D eigenvalue weighted by atomic mass is 32.2. The van der Waals surface area contributed by atoms with Gasteiger partial charge in [-0.3, -0.25) is 0 Å². The zero-order valence-corrected chi connectivity index (χ0v) is 19.6. The SMILES string of the molecule is CC#Cc1c(Sc2cc(CCC)cc(C(F)(F)F)c2C#CC)cc(CCC)cc1C(F)(F)F. The average Bonchev–Trinajstić information content (AvgIpc) is 2.70. The van der Waals surface area contributed by atoms with Gasteiger partial charge < -0.3 is 0 Å². The lowest BCUT2D eigenvalue weighted by molar-refractivity contribution is -0.138. The topological polar surface area (TPSA) is 0 Å². The van der Waals surface area contributed by atoms with Crippen LogP contribution in [0.5, 0.6) is 0 Å². The van der Waals surface area contributed by atoms with E-state index in [-0.39, 0.29) is 20.9 Å². The molecule has 0 bridgehead atoms. The standard InChI is InChI=1S/C26H24F6S/c1-5-9-17-13-21(25(27,28)29)19(11-7-3)23(15-17)33-24-16-18(10-6-2)14-22(26(30,31)32)20(24)12-8-4/h13-16H,5-6,9-10H2,1-4H3. The van der Waals surface area contributed by atoms with Gasteiger partial charge in [-0.05, 0) is 62.1 Å². The van der Waals surface area contributed by atoms with Crippen LogP contribution in [-0.2, 0) is 25.2 Å². The molecule has 0 atom stereocenters. The van der Waals surface area contributed by atoms with Crippen LogP contribution in [0.2, 0.25) is 0 Å². The maximum absolute atomic E-state index is 13.8. The fourth-order valence-electron chi connectivity index (χ4n) is 3.45. The summed E-state index contributed by atoms with van der Waals surface area (Å²) in [6.07, 6.45) is -7.24. The molecule has 0 heterocycles. The molecule has 2 aromatic rings. The highest BCUT2D eigenvalue weighted by Gasteiger charge is 2.36. The van der Waals surface area contributed by atoms with E-state index < -0.39 is 23.5 Å². The zero-order chi connectivity index (χ0) is 24.8. The summed E-state index contributed by atoms with van der Waals surface area (Å²) in [6, 6.07) is 5.33. The molecule has 176 valence electrons. The number of alkyl halides is 6. The van der Waals surface area contributed by atoms with E-state index in [1.54, 1.807) is 12.1 Å². The van der Waals surface area contributed by atoms with E-state index in [0.717, 1.165) is 23.9 Å². The van der Waals surface area contributed by atoms with E-state index in [1.165, 1.54) is 13.8 Å². The first-order chi connectivity index (χ1) is 15.5. The molecule has 0 aliphatic heterocycles. The van der Waals surface area contributed by atoms with Crippen LogP contribution in [0.3, 0.4) is 0 Å². The number of halogens is 6. The minimum atomic E-state index is -4.65. The fraction of sp³-hybridized carbons (Fsp3) is 0.385. The van der Waals surface area contributed by atoms with Gasteiger partial charge in [-0.2, -0.15) is 26.3 Å². The van der Waals surface area contributed by atoms with Gasteiger partial charge in [-0.25, -0.2) is 0 Å². The molecule has 33 heavy (non-hydrogen) atoms. The predicted octanol–water partition coefficient (Wildman–Crippen LogP) is 8.52. The van der Waals surface area contributed by atoms with Crippen molar-refractivity contribution in [3.8, 4) is 23.7 Å². The van der Waals surface area contributed by atoms with Gasteiger partial charge in [0.15, 0.2) is 0 Å². The summed E-state index contributed by atoms with van der Waals surface area (Å²) in [4.78, 5) is 0.340. The van der Waals surface area contributed by atoms with Crippen molar-refractivity contribution in [3.63, 3.8) is 0 Å². The quantitative estimate of drug-likeness (QED) is 0.294. The van der Waals surface area contributed by atoms with E-state index >= 15 is 0 Å². The lowest BCUT2D eigenvalue weighted by Gasteiger charge is -2.18. The van der Waals surface area contributed by atoms with Crippen LogP contribution in [0.4, 0.5) is 26.3 Å². The molecule has 0 aliphatic rings. The molecule has 0 amide bonds. The van der Waals surface area contributed by atoms with E-state index in [2.05, 4.69) is 23.7 Å². The van der Waals surface area contributed by atoms with Gasteiger partial charge in [0.05, 0.1) is 22.3 Å². The summed E-state index contributed by atoms with van der Waals surface area (Å²) < 4.78 is 83.1. The van der Waals surface area contributed by atoms with Crippen molar-refractivity contribution < 1.29 is 26.3 Å². The van der Waals surface area contributed by atoms with Crippen LogP contribution in [0.1, 0.15) is 73.9 Å². The summed E-state index contributed by atoms with van der Waals surface area (Å²) in [5.74, 6) is 10.1. The van der Waals surface area contributed by atoms with Crippen molar-refractivity contribution in [2.45, 2.75) is 75.5 Å². The molecule has 2 aromatic carbocycles. The second-order valence-corrected chi connectivity index (χ2v) is 8.46. The van der Waals surface area contributed by atoms with Crippen LogP contribution in [0, 0.1) is 23.7 Å². The van der Waals surface area contributed by atoms with E-state index in [0.29, 0.717) is 36.8 Å². The normalized spacial score (nSPS) is 11.5. The van der Waals surface area contributed by atoms with Crippen LogP contribution >= 0.6 is 11.8 Å². The van der Waals surface area contributed by atoms with Crippen molar-refractivity contribution in [3.05, 3.63) is 57.6 Å². The molecule has 7 heteroatoms. The Morgan fingerprint density at radius 1 is 0.667 bits per heavy atom. The highest BCUT2D eigenvalue weighted by Crippen LogP contribution is 2.43. The predicted molar refractivity (Wildman–Crippen MR) is 120 cm³/mol. The first-order valence-electron chi connectivity index (χ1n) is 10.5. The summed E-state index contributed by atoms with van der Waals surface area (Å²) in [5, 5.41) is 0. The van der Waals surface area contributed by atoms with Crippen molar-refractivity contribution >= 4 is 11.8 Å². The van der Waals surface area contributed by atoms with Crippen molar-refractivity contribution in [2.75, 3.05) is 0 Å². The molecule has 0 nitrogen and oxygen atoms in total. The molecule has 0 saturated carbocycles. The first-order valence-corrected chi connectivity index (χ1v) is 11.3. The third kappa shape index (κ3) is 6.74. The lowest BCUT2D eigenvalue weighted by Crippen LogP contribution is -2.11. The first kappa shape index (κ1) is 26.7. The summed E-state index contributed by atoms with van der Waals surface area (Å²) in [6.45, 7) is 6.54. The Labute approximate surface area is 195 Å². The maximum atomic E-state index is 13.8. The minimum absolute atomic E-state index is 0.170. The van der Waals surface area contributed by atoms with Gasteiger partial charge in [0.1, 0.15) is 0 Å². The van der Waals surface area contributed by atoms with Crippen LogP contribution in [-0.4, -0.2) is 0 Å². The minimum Gasteiger partial charge on any atom is -0.166 e. The second-order valence-electron chi connectivity index (χ2n) is 7.38. The third-order valence-corrected chi connectivity index (χ3v) is 5.82. The molecular formula is C26H24F6S. The highest BCUT2D eigenvalue weighted by molar-refractivity contribution is 7.99. The van der Waals surface area contributed by atoms with Gasteiger partial charge >= 0.3 is 12.4 Å². The van der Waals surface area contributed by atoms with Gasteiger partial charge in [0.25, 0.3) is 0 Å². The van der Waals surface area contributed by atoms with Crippen molar-refractivity contribution in [2.24, 2.45) is 0 Å². The zero-order valence-electron chi connectivity index (χ0n) is 18.8. The number of hydrogen-bond donors (Lipinski definition) is 0. The molecule has 0 saturated heterocycles. The fourth-order valence-corrected chi connectivity index (χ4v) is 4.63. The Bertz CT molecular complexity index is 1030. The number of aryl methyl sites for hydroxylation is 2. The second kappa shape index (κ2) is 11.1. The van der Waals surface area contributed by atoms with Crippen LogP contribution in [0.15, 0.2) is 34.1 Å². The van der Waals surface area contributed by atoms with Crippen LogP contribution in [0.25, 0.3) is 0 Å². The maximum Gasteiger partial charge on any atom is 0.417 e. The molecular weight excluding hydrogens is 458 g/mol. The third-order valence-electron chi connectivity index (χ3n) is 4.73. The van der Waals surface area contributed by atoms with Gasteiger partial charge in [0.2, 0.25) is 0 Å². The summed E-state index contributed by atoms with van der Waals surface area (Å²) >= 11 is 0.856. The average molecular weight is 483 g/mol. The monoisotopic (exact) mass is 482 g/mol. The lowest BCUT2D eigenvalue weighted by atomic mass is 10.0. The van der Waals surface area contributed by atoms with Crippen molar-refractivity contribution in [1.82, 2.24) is 0 Å². The molecule has 0 aliphatic carbocycles. The summed E-state index contributed by atoms with van der Waals surface area (Å²) in [5.41, 5.74) is -1.32. The molecule has 0 radical (unpaired) electrons. The van der Waals surface area contributed by atoms with E-state index in [4.69, 9.17) is 0 Å². The Morgan fingerprint density at radius 2 is 1.03 bits per heavy atom.